The third-order valence-corrected chi connectivity index (χ3v) is 4.70. The van der Waals surface area contributed by atoms with Gasteiger partial charge >= 0.3 is 0 Å². The third kappa shape index (κ3) is 5.93. The largest absolute Gasteiger partial charge is 0.491 e. The lowest BCUT2D eigenvalue weighted by Gasteiger charge is -2.22. The fraction of sp³-hybridized carbons (Fsp3) is 0.278. The standard InChI is InChI=1S/C18H21ClN2O4S/c1-13(2)25-17-10-8-16(9-11-17)21(26(3,23)24)12-18(22)20-15-6-4-14(19)5-7-15/h4-11,13H,12H2,1-3H3,(H,20,22). The van der Waals surface area contributed by atoms with Gasteiger partial charge in [-0.3, -0.25) is 9.10 Å². The van der Waals surface area contributed by atoms with Crippen LogP contribution >= 0.6 is 11.6 Å². The average molecular weight is 397 g/mol. The molecule has 0 aliphatic heterocycles. The summed E-state index contributed by atoms with van der Waals surface area (Å²) in [4.78, 5) is 12.3. The van der Waals surface area contributed by atoms with E-state index in [1.54, 1.807) is 48.5 Å². The zero-order valence-corrected chi connectivity index (χ0v) is 16.3. The van der Waals surface area contributed by atoms with Crippen LogP contribution in [0.3, 0.4) is 0 Å². The van der Waals surface area contributed by atoms with Gasteiger partial charge in [0.25, 0.3) is 0 Å². The molecule has 0 saturated heterocycles. The molecule has 8 heteroatoms. The first kappa shape index (κ1) is 20.1. The summed E-state index contributed by atoms with van der Waals surface area (Å²) in [6.45, 7) is 3.46. The fourth-order valence-corrected chi connectivity index (χ4v) is 3.21. The molecule has 0 spiro atoms. The Kier molecular flexibility index (Phi) is 6.50. The highest BCUT2D eigenvalue weighted by Gasteiger charge is 2.21. The van der Waals surface area contributed by atoms with Gasteiger partial charge in [0.05, 0.1) is 18.0 Å². The molecule has 6 nitrogen and oxygen atoms in total. The Morgan fingerprint density at radius 2 is 1.69 bits per heavy atom. The lowest BCUT2D eigenvalue weighted by Crippen LogP contribution is -2.37. The second-order valence-electron chi connectivity index (χ2n) is 5.99. The van der Waals surface area contributed by atoms with Crippen molar-refractivity contribution in [3.8, 4) is 5.75 Å². The van der Waals surface area contributed by atoms with Crippen LogP contribution in [-0.4, -0.2) is 33.2 Å². The molecule has 0 bridgehead atoms. The molecule has 0 saturated carbocycles. The molecule has 26 heavy (non-hydrogen) atoms. The molecule has 2 aromatic carbocycles. The molecule has 0 aliphatic rings. The second-order valence-corrected chi connectivity index (χ2v) is 8.33. The molecule has 140 valence electrons. The Balaban J connectivity index is 2.14. The number of rotatable bonds is 7. The van der Waals surface area contributed by atoms with Gasteiger partial charge in [0, 0.05) is 10.7 Å². The molecule has 0 heterocycles. The van der Waals surface area contributed by atoms with Crippen LogP contribution in [-0.2, 0) is 14.8 Å². The predicted molar refractivity (Wildman–Crippen MR) is 104 cm³/mol. The summed E-state index contributed by atoms with van der Waals surface area (Å²) in [5.74, 6) is 0.170. The minimum atomic E-state index is -3.64. The Labute approximate surface area is 158 Å². The van der Waals surface area contributed by atoms with Crippen molar-refractivity contribution in [1.82, 2.24) is 0 Å². The number of carbonyl (C=O) groups is 1. The number of amides is 1. The van der Waals surface area contributed by atoms with Crippen LogP contribution in [0.5, 0.6) is 5.75 Å². The van der Waals surface area contributed by atoms with Gasteiger partial charge in [-0.2, -0.15) is 0 Å². The van der Waals surface area contributed by atoms with Crippen LogP contribution in [0.25, 0.3) is 0 Å². The number of benzene rings is 2. The molecule has 0 radical (unpaired) electrons. The Hall–Kier alpha value is -2.25. The van der Waals surface area contributed by atoms with E-state index in [4.69, 9.17) is 16.3 Å². The summed E-state index contributed by atoms with van der Waals surface area (Å²) in [5.41, 5.74) is 0.920. The van der Waals surface area contributed by atoms with E-state index in [2.05, 4.69) is 5.32 Å². The van der Waals surface area contributed by atoms with Crippen molar-refractivity contribution in [1.29, 1.82) is 0 Å². The van der Waals surface area contributed by atoms with E-state index in [9.17, 15) is 13.2 Å². The summed E-state index contributed by atoms with van der Waals surface area (Å²) in [5, 5.41) is 3.20. The first-order valence-corrected chi connectivity index (χ1v) is 10.2. The zero-order valence-electron chi connectivity index (χ0n) is 14.8. The van der Waals surface area contributed by atoms with E-state index in [1.165, 1.54) is 0 Å². The summed E-state index contributed by atoms with van der Waals surface area (Å²) >= 11 is 5.81. The van der Waals surface area contributed by atoms with Crippen molar-refractivity contribution in [2.75, 3.05) is 22.4 Å². The van der Waals surface area contributed by atoms with Gasteiger partial charge in [0.2, 0.25) is 15.9 Å². The van der Waals surface area contributed by atoms with E-state index in [1.807, 2.05) is 13.8 Å². The van der Waals surface area contributed by atoms with Gasteiger partial charge in [-0.25, -0.2) is 8.42 Å². The molecule has 0 atom stereocenters. The van der Waals surface area contributed by atoms with Crippen LogP contribution in [0.4, 0.5) is 11.4 Å². The van der Waals surface area contributed by atoms with Crippen molar-refractivity contribution in [2.45, 2.75) is 20.0 Å². The number of hydrogen-bond acceptors (Lipinski definition) is 4. The quantitative estimate of drug-likeness (QED) is 0.776. The number of sulfonamides is 1. The van der Waals surface area contributed by atoms with Crippen molar-refractivity contribution in [3.05, 3.63) is 53.6 Å². The summed E-state index contributed by atoms with van der Waals surface area (Å²) in [7, 11) is -3.64. The van der Waals surface area contributed by atoms with Gasteiger partial charge in [-0.15, -0.1) is 0 Å². The molecular weight excluding hydrogens is 376 g/mol. The minimum absolute atomic E-state index is 0.0111. The lowest BCUT2D eigenvalue weighted by molar-refractivity contribution is -0.114. The van der Waals surface area contributed by atoms with Crippen molar-refractivity contribution < 1.29 is 17.9 Å². The van der Waals surface area contributed by atoms with Crippen molar-refractivity contribution >= 4 is 38.9 Å². The molecule has 2 rings (SSSR count). The highest BCUT2D eigenvalue weighted by atomic mass is 35.5. The lowest BCUT2D eigenvalue weighted by atomic mass is 10.3. The molecular formula is C18H21ClN2O4S. The number of anilines is 2. The van der Waals surface area contributed by atoms with E-state index in [0.717, 1.165) is 10.6 Å². The molecule has 0 fully saturated rings. The van der Waals surface area contributed by atoms with Crippen LogP contribution < -0.4 is 14.4 Å². The SMILES string of the molecule is CC(C)Oc1ccc(N(CC(=O)Nc2ccc(Cl)cc2)S(C)(=O)=O)cc1. The van der Waals surface area contributed by atoms with E-state index < -0.39 is 15.9 Å². The highest BCUT2D eigenvalue weighted by molar-refractivity contribution is 7.92. The number of hydrogen-bond donors (Lipinski definition) is 1. The van der Waals surface area contributed by atoms with Crippen LogP contribution in [0, 0.1) is 0 Å². The van der Waals surface area contributed by atoms with Gasteiger partial charge in [-0.1, -0.05) is 11.6 Å². The zero-order chi connectivity index (χ0) is 19.3. The topological polar surface area (TPSA) is 75.7 Å². The summed E-state index contributed by atoms with van der Waals surface area (Å²) in [6.07, 6.45) is 1.07. The number of nitrogens with one attached hydrogen (secondary N) is 1. The highest BCUT2D eigenvalue weighted by Crippen LogP contribution is 2.22. The molecule has 0 aliphatic carbocycles. The van der Waals surface area contributed by atoms with E-state index in [0.29, 0.717) is 22.1 Å². The van der Waals surface area contributed by atoms with E-state index in [-0.39, 0.29) is 12.6 Å². The van der Waals surface area contributed by atoms with Gasteiger partial charge < -0.3 is 10.1 Å². The summed E-state index contributed by atoms with van der Waals surface area (Å²) in [6, 6.07) is 13.1. The van der Waals surface area contributed by atoms with Gasteiger partial charge in [0.1, 0.15) is 12.3 Å². The maximum Gasteiger partial charge on any atom is 0.245 e. The normalized spacial score (nSPS) is 11.3. The number of halogens is 1. The number of ether oxygens (including phenoxy) is 1. The predicted octanol–water partition coefficient (Wildman–Crippen LogP) is 3.53. The van der Waals surface area contributed by atoms with Gasteiger partial charge in [-0.05, 0) is 62.4 Å². The Morgan fingerprint density at radius 1 is 1.12 bits per heavy atom. The van der Waals surface area contributed by atoms with E-state index >= 15 is 0 Å². The van der Waals surface area contributed by atoms with Crippen LogP contribution in [0.15, 0.2) is 48.5 Å². The first-order chi connectivity index (χ1) is 12.1. The maximum atomic E-state index is 12.3. The fourth-order valence-electron chi connectivity index (χ4n) is 2.23. The molecule has 0 aromatic heterocycles. The van der Waals surface area contributed by atoms with Crippen LogP contribution in [0.1, 0.15) is 13.8 Å². The van der Waals surface area contributed by atoms with Crippen molar-refractivity contribution in [3.63, 3.8) is 0 Å². The maximum absolute atomic E-state index is 12.3. The molecule has 1 amide bonds. The average Bonchev–Trinajstić information content (AvgIpc) is 2.54. The second kappa shape index (κ2) is 8.42. The number of nitrogens with zero attached hydrogens (tertiary/aromatic N) is 1. The Bertz CT molecular complexity index is 850. The van der Waals surface area contributed by atoms with Gasteiger partial charge in [0.15, 0.2) is 0 Å². The minimum Gasteiger partial charge on any atom is -0.491 e. The molecule has 0 unspecified atom stereocenters. The first-order valence-electron chi connectivity index (χ1n) is 7.95. The Morgan fingerprint density at radius 3 is 2.19 bits per heavy atom. The number of carbonyl (C=O) groups excluding carboxylic acids is 1. The molecule has 1 N–H and O–H groups in total. The summed E-state index contributed by atoms with van der Waals surface area (Å²) < 4.78 is 30.8. The third-order valence-electron chi connectivity index (χ3n) is 3.31. The van der Waals surface area contributed by atoms with Crippen LogP contribution in [0.2, 0.25) is 5.02 Å². The van der Waals surface area contributed by atoms with Crippen molar-refractivity contribution in [2.24, 2.45) is 0 Å². The smallest absolute Gasteiger partial charge is 0.245 e. The molecule has 2 aromatic rings. The monoisotopic (exact) mass is 396 g/mol.